The molecule has 2 aliphatic carbocycles. The molecule has 0 aromatic carbocycles. The quantitative estimate of drug-likeness (QED) is 0.254. The van der Waals surface area contributed by atoms with Gasteiger partial charge in [0.15, 0.2) is 0 Å². The molecule has 0 aromatic heterocycles. The lowest BCUT2D eigenvalue weighted by molar-refractivity contribution is 0.221. The van der Waals surface area contributed by atoms with Gasteiger partial charge in [0.1, 0.15) is 0 Å². The number of allylic oxidation sites excluding steroid dienone is 1. The molecule has 5 heteroatoms. The molecule has 2 saturated carbocycles. The molecule has 0 bridgehead atoms. The first kappa shape index (κ1) is 19.6. The highest BCUT2D eigenvalue weighted by Crippen LogP contribution is 2.53. The van der Waals surface area contributed by atoms with E-state index in [1.807, 2.05) is 0 Å². The van der Waals surface area contributed by atoms with Crippen molar-refractivity contribution in [2.75, 3.05) is 13.7 Å². The fraction of sp³-hybridized carbons (Fsp3) is 0.889. The number of hydrogen-bond acceptors (Lipinski definition) is 3. The molecule has 5 unspecified atom stereocenters. The zero-order valence-corrected chi connectivity index (χ0v) is 16.2. The van der Waals surface area contributed by atoms with Gasteiger partial charge < -0.3 is 13.9 Å². The highest BCUT2D eigenvalue weighted by atomic mass is 32.5. The lowest BCUT2D eigenvalue weighted by Crippen LogP contribution is -1.94. The van der Waals surface area contributed by atoms with Crippen molar-refractivity contribution in [2.24, 2.45) is 23.7 Å². The smallest absolute Gasteiger partial charge is 0.324 e. The van der Waals surface area contributed by atoms with E-state index in [1.54, 1.807) is 0 Å². The fourth-order valence-electron chi connectivity index (χ4n) is 3.62. The first-order valence-corrected chi connectivity index (χ1v) is 11.8. The van der Waals surface area contributed by atoms with E-state index in [0.717, 1.165) is 36.5 Å². The van der Waals surface area contributed by atoms with Crippen LogP contribution in [0.25, 0.3) is 0 Å². The van der Waals surface area contributed by atoms with Gasteiger partial charge in [0, 0.05) is 7.11 Å². The molecular formula is C18H33O3PS. The summed E-state index contributed by atoms with van der Waals surface area (Å²) in [6.45, 7) is 1.48. The molecule has 0 amide bonds. The van der Waals surface area contributed by atoms with Gasteiger partial charge in [-0.3, -0.25) is 0 Å². The molecule has 0 aromatic rings. The molecule has 2 fully saturated rings. The van der Waals surface area contributed by atoms with Crippen LogP contribution in [-0.4, -0.2) is 18.6 Å². The zero-order valence-electron chi connectivity index (χ0n) is 14.5. The van der Waals surface area contributed by atoms with Crippen molar-refractivity contribution in [3.63, 3.8) is 0 Å². The molecule has 134 valence electrons. The molecular weight excluding hydrogens is 327 g/mol. The zero-order chi connectivity index (χ0) is 16.7. The Morgan fingerprint density at radius 2 is 1.78 bits per heavy atom. The third kappa shape index (κ3) is 7.79. The van der Waals surface area contributed by atoms with Gasteiger partial charge in [-0.1, -0.05) is 44.6 Å². The summed E-state index contributed by atoms with van der Waals surface area (Å²) in [5, 5.41) is 0. The van der Waals surface area contributed by atoms with Crippen molar-refractivity contribution in [1.82, 2.24) is 0 Å². The number of rotatable bonds is 14. The SMILES string of the molecule is C=CC1CC1CC1CC1CCCCCCCCOP(O)(=S)OC. The van der Waals surface area contributed by atoms with Crippen LogP contribution >= 0.6 is 6.72 Å². The summed E-state index contributed by atoms with van der Waals surface area (Å²) in [6, 6.07) is 0. The van der Waals surface area contributed by atoms with E-state index in [2.05, 4.69) is 12.7 Å². The Hall–Kier alpha value is 0.270. The third-order valence-corrected chi connectivity index (χ3v) is 7.14. The van der Waals surface area contributed by atoms with Gasteiger partial charge in [0.05, 0.1) is 6.61 Å². The molecule has 2 aliphatic rings. The second-order valence-electron chi connectivity index (χ2n) is 7.28. The normalized spacial score (nSPS) is 31.6. The van der Waals surface area contributed by atoms with Crippen LogP contribution in [0.3, 0.4) is 0 Å². The van der Waals surface area contributed by atoms with Crippen molar-refractivity contribution >= 4 is 18.5 Å². The molecule has 2 rings (SSSR count). The summed E-state index contributed by atoms with van der Waals surface area (Å²) in [7, 11) is 1.40. The summed E-state index contributed by atoms with van der Waals surface area (Å²) >= 11 is 4.78. The van der Waals surface area contributed by atoms with Crippen LogP contribution in [0.5, 0.6) is 0 Å². The maximum atomic E-state index is 9.44. The summed E-state index contributed by atoms with van der Waals surface area (Å²) in [6.07, 6.45) is 15.4. The standard InChI is InChI=1S/C18H33O3PS/c1-3-15-12-17(15)14-18-13-16(18)10-8-6-4-5-7-9-11-21-22(19,23)20-2/h3,15-18H,1,4-14H2,2H3,(H,19,23). The Morgan fingerprint density at radius 3 is 2.43 bits per heavy atom. The van der Waals surface area contributed by atoms with E-state index in [9.17, 15) is 4.89 Å². The van der Waals surface area contributed by atoms with Crippen LogP contribution in [-0.2, 0) is 20.9 Å². The van der Waals surface area contributed by atoms with Crippen molar-refractivity contribution in [3.05, 3.63) is 12.7 Å². The molecule has 0 aliphatic heterocycles. The highest BCUT2D eigenvalue weighted by Gasteiger charge is 2.43. The Balaban J connectivity index is 1.33. The topological polar surface area (TPSA) is 38.7 Å². The summed E-state index contributed by atoms with van der Waals surface area (Å²) in [5.41, 5.74) is 0. The first-order valence-electron chi connectivity index (χ1n) is 9.21. The van der Waals surface area contributed by atoms with Gasteiger partial charge in [0.2, 0.25) is 0 Å². The van der Waals surface area contributed by atoms with E-state index in [1.165, 1.54) is 58.5 Å². The first-order chi connectivity index (χ1) is 11.1. The molecule has 0 saturated heterocycles. The minimum atomic E-state index is -2.93. The summed E-state index contributed by atoms with van der Waals surface area (Å²) in [5.74, 6) is 3.92. The number of hydrogen-bond donors (Lipinski definition) is 1. The second kappa shape index (κ2) is 9.68. The Morgan fingerprint density at radius 1 is 1.09 bits per heavy atom. The van der Waals surface area contributed by atoms with Crippen LogP contribution in [0.1, 0.15) is 64.2 Å². The van der Waals surface area contributed by atoms with Crippen molar-refractivity contribution in [1.29, 1.82) is 0 Å². The predicted octanol–water partition coefficient (Wildman–Crippen LogP) is 5.45. The summed E-state index contributed by atoms with van der Waals surface area (Å²) in [4.78, 5) is 9.44. The molecule has 0 spiro atoms. The molecule has 5 atom stereocenters. The van der Waals surface area contributed by atoms with Crippen molar-refractivity contribution in [2.45, 2.75) is 64.2 Å². The second-order valence-corrected chi connectivity index (χ2v) is 10.2. The van der Waals surface area contributed by atoms with E-state index < -0.39 is 6.72 Å². The highest BCUT2D eigenvalue weighted by molar-refractivity contribution is 8.07. The molecule has 1 N–H and O–H groups in total. The Kier molecular flexibility index (Phi) is 8.24. The maximum absolute atomic E-state index is 9.44. The van der Waals surface area contributed by atoms with E-state index >= 15 is 0 Å². The monoisotopic (exact) mass is 360 g/mol. The third-order valence-electron chi connectivity index (χ3n) is 5.41. The van der Waals surface area contributed by atoms with Crippen LogP contribution < -0.4 is 0 Å². The fourth-order valence-corrected chi connectivity index (χ4v) is 4.31. The minimum absolute atomic E-state index is 0.512. The average Bonchev–Trinajstić information content (AvgIpc) is 3.44. The Labute approximate surface area is 147 Å². The van der Waals surface area contributed by atoms with Crippen LogP contribution in [0.15, 0.2) is 12.7 Å². The summed E-state index contributed by atoms with van der Waals surface area (Å²) < 4.78 is 9.89. The van der Waals surface area contributed by atoms with E-state index in [4.69, 9.17) is 20.9 Å². The minimum Gasteiger partial charge on any atom is -0.324 e. The van der Waals surface area contributed by atoms with E-state index in [0.29, 0.717) is 6.61 Å². The van der Waals surface area contributed by atoms with Gasteiger partial charge in [-0.15, -0.1) is 6.58 Å². The predicted molar refractivity (Wildman–Crippen MR) is 99.8 cm³/mol. The van der Waals surface area contributed by atoms with Gasteiger partial charge in [0.25, 0.3) is 0 Å². The largest absolute Gasteiger partial charge is 0.324 e. The number of unbranched alkanes of at least 4 members (excludes halogenated alkanes) is 5. The molecule has 0 radical (unpaired) electrons. The van der Waals surface area contributed by atoms with Crippen LogP contribution in [0, 0.1) is 23.7 Å². The van der Waals surface area contributed by atoms with Gasteiger partial charge in [-0.25, -0.2) is 0 Å². The van der Waals surface area contributed by atoms with Crippen molar-refractivity contribution < 1.29 is 13.9 Å². The maximum Gasteiger partial charge on any atom is 0.324 e. The van der Waals surface area contributed by atoms with Crippen LogP contribution in [0.2, 0.25) is 0 Å². The van der Waals surface area contributed by atoms with Gasteiger partial charge in [-0.2, -0.15) is 0 Å². The Bertz CT molecular complexity index is 415. The lowest BCUT2D eigenvalue weighted by Gasteiger charge is -2.12. The van der Waals surface area contributed by atoms with Gasteiger partial charge >= 0.3 is 6.72 Å². The lowest BCUT2D eigenvalue weighted by atomic mass is 10.0. The van der Waals surface area contributed by atoms with Crippen molar-refractivity contribution in [3.8, 4) is 0 Å². The van der Waals surface area contributed by atoms with E-state index in [-0.39, 0.29) is 0 Å². The molecule has 3 nitrogen and oxygen atoms in total. The molecule has 0 heterocycles. The van der Waals surface area contributed by atoms with Crippen LogP contribution in [0.4, 0.5) is 0 Å². The molecule has 23 heavy (non-hydrogen) atoms. The average molecular weight is 360 g/mol. The van der Waals surface area contributed by atoms with Gasteiger partial charge in [-0.05, 0) is 61.2 Å².